The number of para-hydroxylation sites is 1. The molecule has 5 heteroatoms. The zero-order chi connectivity index (χ0) is 18.1. The summed E-state index contributed by atoms with van der Waals surface area (Å²) in [4.78, 5) is 14.6. The molecule has 0 bridgehead atoms. The van der Waals surface area contributed by atoms with E-state index in [2.05, 4.69) is 22.4 Å². The summed E-state index contributed by atoms with van der Waals surface area (Å²) in [5.74, 6) is 1.17. The van der Waals surface area contributed by atoms with Gasteiger partial charge in [-0.25, -0.2) is 0 Å². The fourth-order valence-electron chi connectivity index (χ4n) is 3.16. The molecular formula is C20H30N2O3. The van der Waals surface area contributed by atoms with E-state index in [9.17, 15) is 4.79 Å². The van der Waals surface area contributed by atoms with Crippen LogP contribution in [0.4, 0.5) is 0 Å². The Morgan fingerprint density at radius 2 is 2.04 bits per heavy atom. The fourth-order valence-corrected chi connectivity index (χ4v) is 3.16. The van der Waals surface area contributed by atoms with Crippen molar-refractivity contribution in [2.45, 2.75) is 25.8 Å². The van der Waals surface area contributed by atoms with Crippen LogP contribution in [-0.4, -0.2) is 57.3 Å². The van der Waals surface area contributed by atoms with Gasteiger partial charge >= 0.3 is 0 Å². The Labute approximate surface area is 151 Å². The van der Waals surface area contributed by atoms with Gasteiger partial charge in [0.1, 0.15) is 5.75 Å². The number of ether oxygens (including phenoxy) is 2. The van der Waals surface area contributed by atoms with Gasteiger partial charge in [-0.1, -0.05) is 30.4 Å². The smallest absolute Gasteiger partial charge is 0.223 e. The summed E-state index contributed by atoms with van der Waals surface area (Å²) >= 11 is 0. The standard InChI is InChI=1S/C20H30N2O3/c1-16(15-24-2)21-20(23)18-10-13-22(14-11-18)12-6-8-17-7-4-5-9-19(17)25-3/h4-9,16,18H,10-15H2,1-3H3,(H,21,23)/b8-6+/t16-/m0/s1. The molecular weight excluding hydrogens is 316 g/mol. The van der Waals surface area contributed by atoms with E-state index >= 15 is 0 Å². The van der Waals surface area contributed by atoms with Crippen molar-refractivity contribution in [1.29, 1.82) is 0 Å². The molecule has 0 radical (unpaired) electrons. The van der Waals surface area contributed by atoms with E-state index in [-0.39, 0.29) is 17.9 Å². The molecule has 0 spiro atoms. The quantitative estimate of drug-likeness (QED) is 0.786. The third kappa shape index (κ3) is 6.18. The Morgan fingerprint density at radius 1 is 1.32 bits per heavy atom. The van der Waals surface area contributed by atoms with Gasteiger partial charge in [0.05, 0.1) is 13.7 Å². The topological polar surface area (TPSA) is 50.8 Å². The molecule has 0 saturated carbocycles. The minimum Gasteiger partial charge on any atom is -0.496 e. The van der Waals surface area contributed by atoms with E-state index in [1.54, 1.807) is 14.2 Å². The van der Waals surface area contributed by atoms with Crippen LogP contribution >= 0.6 is 0 Å². The zero-order valence-electron chi connectivity index (χ0n) is 15.5. The van der Waals surface area contributed by atoms with Crippen LogP contribution < -0.4 is 10.1 Å². The molecule has 1 aromatic rings. The Bertz CT molecular complexity index is 566. The lowest BCUT2D eigenvalue weighted by atomic mass is 9.95. The molecule has 1 fully saturated rings. The van der Waals surface area contributed by atoms with Crippen molar-refractivity contribution in [2.75, 3.05) is 40.5 Å². The summed E-state index contributed by atoms with van der Waals surface area (Å²) in [6.07, 6.45) is 6.09. The average Bonchev–Trinajstić information content (AvgIpc) is 2.63. The number of piperidine rings is 1. The van der Waals surface area contributed by atoms with Gasteiger partial charge in [0.25, 0.3) is 0 Å². The van der Waals surface area contributed by atoms with Crippen molar-refractivity contribution < 1.29 is 14.3 Å². The number of hydrogen-bond donors (Lipinski definition) is 1. The van der Waals surface area contributed by atoms with Crippen LogP contribution in [0.1, 0.15) is 25.3 Å². The van der Waals surface area contributed by atoms with Gasteiger partial charge in [-0.05, 0) is 38.9 Å². The predicted molar refractivity (Wildman–Crippen MR) is 101 cm³/mol. The normalized spacial score (nSPS) is 17.6. The molecule has 1 aliphatic rings. The maximum atomic E-state index is 12.2. The maximum Gasteiger partial charge on any atom is 0.223 e. The molecule has 0 unspecified atom stereocenters. The summed E-state index contributed by atoms with van der Waals surface area (Å²) in [6, 6.07) is 8.07. The monoisotopic (exact) mass is 346 g/mol. The van der Waals surface area contributed by atoms with Crippen molar-refractivity contribution in [3.63, 3.8) is 0 Å². The van der Waals surface area contributed by atoms with Crippen LogP contribution in [-0.2, 0) is 9.53 Å². The second-order valence-electron chi connectivity index (χ2n) is 6.58. The molecule has 25 heavy (non-hydrogen) atoms. The van der Waals surface area contributed by atoms with Gasteiger partial charge < -0.3 is 14.8 Å². The Kier molecular flexibility index (Phi) is 7.95. The minimum absolute atomic E-state index is 0.0688. The molecule has 5 nitrogen and oxygen atoms in total. The Morgan fingerprint density at radius 3 is 2.72 bits per heavy atom. The fraction of sp³-hybridized carbons (Fsp3) is 0.550. The highest BCUT2D eigenvalue weighted by Crippen LogP contribution is 2.20. The minimum atomic E-state index is 0.0688. The summed E-state index contributed by atoms with van der Waals surface area (Å²) < 4.78 is 10.4. The average molecular weight is 346 g/mol. The van der Waals surface area contributed by atoms with E-state index in [4.69, 9.17) is 9.47 Å². The second-order valence-corrected chi connectivity index (χ2v) is 6.58. The van der Waals surface area contributed by atoms with Crippen molar-refractivity contribution >= 4 is 12.0 Å². The molecule has 0 aromatic heterocycles. The van der Waals surface area contributed by atoms with Gasteiger partial charge in [-0.3, -0.25) is 9.69 Å². The van der Waals surface area contributed by atoms with Gasteiger partial charge in [-0.2, -0.15) is 0 Å². The number of hydrogen-bond acceptors (Lipinski definition) is 4. The van der Waals surface area contributed by atoms with Gasteiger partial charge in [-0.15, -0.1) is 0 Å². The highest BCUT2D eigenvalue weighted by molar-refractivity contribution is 5.79. The van der Waals surface area contributed by atoms with E-state index < -0.39 is 0 Å². The van der Waals surface area contributed by atoms with Crippen molar-refractivity contribution in [3.05, 3.63) is 35.9 Å². The van der Waals surface area contributed by atoms with Crippen LogP contribution in [0.25, 0.3) is 6.08 Å². The molecule has 1 aromatic carbocycles. The van der Waals surface area contributed by atoms with Crippen LogP contribution in [0, 0.1) is 5.92 Å². The molecule has 1 saturated heterocycles. The largest absolute Gasteiger partial charge is 0.496 e. The molecule has 138 valence electrons. The summed E-state index contributed by atoms with van der Waals surface area (Å²) in [5.41, 5.74) is 1.09. The number of amides is 1. The first-order chi connectivity index (χ1) is 12.1. The van der Waals surface area contributed by atoms with Crippen LogP contribution in [0.5, 0.6) is 5.75 Å². The second kappa shape index (κ2) is 10.2. The summed E-state index contributed by atoms with van der Waals surface area (Å²) in [6.45, 7) is 5.32. The highest BCUT2D eigenvalue weighted by atomic mass is 16.5. The Balaban J connectivity index is 1.75. The highest BCUT2D eigenvalue weighted by Gasteiger charge is 2.25. The lowest BCUT2D eigenvalue weighted by Gasteiger charge is -2.31. The third-order valence-corrected chi connectivity index (χ3v) is 4.56. The molecule has 1 heterocycles. The number of nitrogens with zero attached hydrogens (tertiary/aromatic N) is 1. The van der Waals surface area contributed by atoms with Gasteiger partial charge in [0.15, 0.2) is 0 Å². The molecule has 2 rings (SSSR count). The Hall–Kier alpha value is -1.85. The van der Waals surface area contributed by atoms with Gasteiger partial charge in [0.2, 0.25) is 5.91 Å². The van der Waals surface area contributed by atoms with Crippen LogP contribution in [0.3, 0.4) is 0 Å². The number of nitrogens with one attached hydrogen (secondary N) is 1. The number of likely N-dealkylation sites (tertiary alicyclic amines) is 1. The molecule has 1 amide bonds. The van der Waals surface area contributed by atoms with E-state index in [1.165, 1.54) is 0 Å². The third-order valence-electron chi connectivity index (χ3n) is 4.56. The molecule has 1 atom stereocenters. The first-order valence-electron chi connectivity index (χ1n) is 8.95. The van der Waals surface area contributed by atoms with Gasteiger partial charge in [0, 0.05) is 31.2 Å². The predicted octanol–water partition coefficient (Wildman–Crippen LogP) is 2.57. The van der Waals surface area contributed by atoms with Crippen molar-refractivity contribution in [1.82, 2.24) is 10.2 Å². The summed E-state index contributed by atoms with van der Waals surface area (Å²) in [5, 5.41) is 3.03. The number of benzene rings is 1. The molecule has 1 aliphatic heterocycles. The summed E-state index contributed by atoms with van der Waals surface area (Å²) in [7, 11) is 3.34. The van der Waals surface area contributed by atoms with E-state index in [1.807, 2.05) is 31.2 Å². The SMILES string of the molecule is COC[C@H](C)NC(=O)C1CCN(C/C=C/c2ccccc2OC)CC1. The number of carbonyl (C=O) groups excluding carboxylic acids is 1. The van der Waals surface area contributed by atoms with Crippen molar-refractivity contribution in [2.24, 2.45) is 5.92 Å². The van der Waals surface area contributed by atoms with Crippen LogP contribution in [0.15, 0.2) is 30.3 Å². The number of carbonyl (C=O) groups is 1. The number of rotatable bonds is 8. The van der Waals surface area contributed by atoms with Crippen LogP contribution in [0.2, 0.25) is 0 Å². The van der Waals surface area contributed by atoms with E-state index in [0.717, 1.165) is 43.8 Å². The number of methoxy groups -OCH3 is 2. The van der Waals surface area contributed by atoms with E-state index in [0.29, 0.717) is 6.61 Å². The molecule has 1 N–H and O–H groups in total. The first kappa shape index (κ1) is 19.5. The maximum absolute atomic E-state index is 12.2. The molecule has 0 aliphatic carbocycles. The first-order valence-corrected chi connectivity index (χ1v) is 8.95. The zero-order valence-corrected chi connectivity index (χ0v) is 15.5. The lowest BCUT2D eigenvalue weighted by molar-refractivity contribution is -0.127. The van der Waals surface area contributed by atoms with Crippen molar-refractivity contribution in [3.8, 4) is 5.75 Å². The lowest BCUT2D eigenvalue weighted by Crippen LogP contribution is -2.44.